The van der Waals surface area contributed by atoms with E-state index in [4.69, 9.17) is 0 Å². The molecular formula is C12H15FN2O4S. The fraction of sp³-hybridized carbons (Fsp3) is 0.500. The van der Waals surface area contributed by atoms with Crippen LogP contribution in [0.2, 0.25) is 0 Å². The van der Waals surface area contributed by atoms with Crippen LogP contribution in [0, 0.1) is 15.5 Å². The molecule has 6 nitrogen and oxygen atoms in total. The Balaban J connectivity index is 2.62. The maximum Gasteiger partial charge on any atom is 0.270 e. The van der Waals surface area contributed by atoms with Gasteiger partial charge in [0.15, 0.2) is 0 Å². The predicted octanol–water partition coefficient (Wildman–Crippen LogP) is 2.44. The normalized spacial score (nSPS) is 22.3. The van der Waals surface area contributed by atoms with Gasteiger partial charge in [-0.15, -0.1) is 4.48 Å². The van der Waals surface area contributed by atoms with E-state index in [2.05, 4.69) is 0 Å². The summed E-state index contributed by atoms with van der Waals surface area (Å²) in [5.74, 6) is 0. The van der Waals surface area contributed by atoms with Crippen LogP contribution in [0.15, 0.2) is 23.1 Å². The molecule has 0 unspecified atom stereocenters. The minimum Gasteiger partial charge on any atom is -0.258 e. The van der Waals surface area contributed by atoms with Gasteiger partial charge in [0.2, 0.25) is 0 Å². The number of sulfonamides is 1. The lowest BCUT2D eigenvalue weighted by molar-refractivity contribution is -0.385. The highest BCUT2D eigenvalue weighted by atomic mass is 32.2. The Morgan fingerprint density at radius 2 is 2.00 bits per heavy atom. The van der Waals surface area contributed by atoms with Crippen molar-refractivity contribution < 1.29 is 17.8 Å². The SMILES string of the molecule is CC(C)(C)[C@@H]1Cc2ccc([N+](=O)[O-])cc2S(=O)(=O)N1F. The quantitative estimate of drug-likeness (QED) is 0.453. The lowest BCUT2D eigenvalue weighted by atomic mass is 9.83. The van der Waals surface area contributed by atoms with Crippen molar-refractivity contribution in [1.29, 1.82) is 0 Å². The molecule has 0 aliphatic carbocycles. The highest BCUT2D eigenvalue weighted by Gasteiger charge is 2.44. The van der Waals surface area contributed by atoms with Crippen LogP contribution in [0.3, 0.4) is 0 Å². The number of non-ortho nitro benzene ring substituents is 1. The maximum atomic E-state index is 14.2. The van der Waals surface area contributed by atoms with Crippen LogP contribution in [-0.4, -0.2) is 23.9 Å². The van der Waals surface area contributed by atoms with Gasteiger partial charge in [0.25, 0.3) is 15.7 Å². The van der Waals surface area contributed by atoms with E-state index in [-0.39, 0.29) is 21.5 Å². The van der Waals surface area contributed by atoms with Crippen LogP contribution in [-0.2, 0) is 16.4 Å². The van der Waals surface area contributed by atoms with Gasteiger partial charge in [-0.3, -0.25) is 10.1 Å². The van der Waals surface area contributed by atoms with Crippen molar-refractivity contribution in [2.24, 2.45) is 5.41 Å². The summed E-state index contributed by atoms with van der Waals surface area (Å²) in [5, 5.41) is 10.7. The molecule has 1 atom stereocenters. The topological polar surface area (TPSA) is 80.5 Å². The fourth-order valence-corrected chi connectivity index (χ4v) is 3.88. The van der Waals surface area contributed by atoms with Crippen molar-refractivity contribution in [2.75, 3.05) is 0 Å². The zero-order chi connectivity index (χ0) is 15.3. The Bertz CT molecular complexity index is 667. The monoisotopic (exact) mass is 302 g/mol. The summed E-state index contributed by atoms with van der Waals surface area (Å²) in [6.07, 6.45) is 0.187. The molecule has 0 spiro atoms. The van der Waals surface area contributed by atoms with Gasteiger partial charge in [-0.2, -0.15) is 0 Å². The molecule has 0 radical (unpaired) electrons. The first-order chi connectivity index (χ1) is 9.05. The second kappa shape index (κ2) is 4.49. The molecule has 0 saturated carbocycles. The molecular weight excluding hydrogens is 287 g/mol. The van der Waals surface area contributed by atoms with E-state index in [9.17, 15) is 23.0 Å². The average molecular weight is 302 g/mol. The lowest BCUT2D eigenvalue weighted by Crippen LogP contribution is -2.47. The maximum absolute atomic E-state index is 14.2. The number of benzene rings is 1. The summed E-state index contributed by atoms with van der Waals surface area (Å²) in [5.41, 5.74) is -0.541. The summed E-state index contributed by atoms with van der Waals surface area (Å²) in [4.78, 5) is 9.68. The van der Waals surface area contributed by atoms with E-state index < -0.39 is 26.4 Å². The first-order valence-corrected chi connectivity index (χ1v) is 7.46. The number of nitro groups is 1. The second-order valence-electron chi connectivity index (χ2n) is 5.88. The van der Waals surface area contributed by atoms with Crippen LogP contribution < -0.4 is 0 Å². The van der Waals surface area contributed by atoms with Gasteiger partial charge in [-0.25, -0.2) is 8.42 Å². The summed E-state index contributed by atoms with van der Waals surface area (Å²) >= 11 is 0. The molecule has 0 saturated heterocycles. The van der Waals surface area contributed by atoms with E-state index >= 15 is 0 Å². The molecule has 1 aromatic carbocycles. The van der Waals surface area contributed by atoms with Gasteiger partial charge in [0.1, 0.15) is 0 Å². The molecule has 110 valence electrons. The van der Waals surface area contributed by atoms with Crippen molar-refractivity contribution in [3.8, 4) is 0 Å². The van der Waals surface area contributed by atoms with Crippen molar-refractivity contribution in [3.05, 3.63) is 33.9 Å². The standard InChI is InChI=1S/C12H15FN2O4S/c1-12(2,3)11-6-8-4-5-9(15(16)17)7-10(8)20(18,19)14(11)13/h4-5,7,11H,6H2,1-3H3/t11-/m0/s1. The molecule has 2 rings (SSSR count). The van der Waals surface area contributed by atoms with E-state index in [1.165, 1.54) is 12.1 Å². The summed E-state index contributed by atoms with van der Waals surface area (Å²) in [6.45, 7) is 5.24. The molecule has 20 heavy (non-hydrogen) atoms. The Labute approximate surface area is 116 Å². The van der Waals surface area contributed by atoms with Gasteiger partial charge >= 0.3 is 0 Å². The third-order valence-electron chi connectivity index (χ3n) is 3.43. The molecule has 0 fully saturated rings. The number of hydrogen-bond acceptors (Lipinski definition) is 4. The van der Waals surface area contributed by atoms with E-state index in [0.717, 1.165) is 6.07 Å². The highest BCUT2D eigenvalue weighted by molar-refractivity contribution is 7.89. The predicted molar refractivity (Wildman–Crippen MR) is 70.2 cm³/mol. The highest BCUT2D eigenvalue weighted by Crippen LogP contribution is 2.39. The van der Waals surface area contributed by atoms with E-state index in [1.54, 1.807) is 20.8 Å². The smallest absolute Gasteiger partial charge is 0.258 e. The van der Waals surface area contributed by atoms with Crippen molar-refractivity contribution >= 4 is 15.7 Å². The first-order valence-electron chi connectivity index (χ1n) is 6.02. The Morgan fingerprint density at radius 1 is 1.40 bits per heavy atom. The van der Waals surface area contributed by atoms with E-state index in [0.29, 0.717) is 5.56 Å². The van der Waals surface area contributed by atoms with Crippen molar-refractivity contribution in [2.45, 2.75) is 38.1 Å². The number of hydrogen-bond donors (Lipinski definition) is 0. The molecule has 1 heterocycles. The molecule has 1 aromatic rings. The van der Waals surface area contributed by atoms with E-state index in [1.807, 2.05) is 0 Å². The minimum absolute atomic E-state index is 0.168. The van der Waals surface area contributed by atoms with Crippen molar-refractivity contribution in [1.82, 2.24) is 4.53 Å². The van der Waals surface area contributed by atoms with Gasteiger partial charge in [-0.05, 0) is 21.9 Å². The molecule has 0 aromatic heterocycles. The third-order valence-corrected chi connectivity index (χ3v) is 5.08. The number of nitrogens with zero attached hydrogens (tertiary/aromatic N) is 2. The summed E-state index contributed by atoms with van der Waals surface area (Å²) in [6, 6.07) is 2.70. The van der Waals surface area contributed by atoms with Crippen LogP contribution >= 0.6 is 0 Å². The van der Waals surface area contributed by atoms with Crippen LogP contribution in [0.1, 0.15) is 26.3 Å². The number of halogens is 1. The summed E-state index contributed by atoms with van der Waals surface area (Å²) < 4.78 is 38.4. The van der Waals surface area contributed by atoms with Crippen LogP contribution in [0.4, 0.5) is 10.2 Å². The lowest BCUT2D eigenvalue weighted by Gasteiger charge is -2.37. The Morgan fingerprint density at radius 3 is 2.50 bits per heavy atom. The average Bonchev–Trinajstić information content (AvgIpc) is 2.32. The molecule has 1 aliphatic heterocycles. The number of fused-ring (bicyclic) bond motifs is 1. The third kappa shape index (κ3) is 2.29. The van der Waals surface area contributed by atoms with Gasteiger partial charge in [-0.1, -0.05) is 26.8 Å². The molecule has 1 aliphatic rings. The number of rotatable bonds is 1. The Kier molecular flexibility index (Phi) is 3.34. The van der Waals surface area contributed by atoms with Gasteiger partial charge < -0.3 is 0 Å². The molecule has 0 amide bonds. The molecule has 8 heteroatoms. The van der Waals surface area contributed by atoms with Crippen LogP contribution in [0.5, 0.6) is 0 Å². The zero-order valence-electron chi connectivity index (χ0n) is 11.3. The van der Waals surface area contributed by atoms with Crippen LogP contribution in [0.25, 0.3) is 0 Å². The minimum atomic E-state index is -4.35. The summed E-state index contributed by atoms with van der Waals surface area (Å²) in [7, 11) is -4.35. The molecule has 0 bridgehead atoms. The zero-order valence-corrected chi connectivity index (χ0v) is 12.1. The fourth-order valence-electron chi connectivity index (χ4n) is 2.22. The first kappa shape index (κ1) is 14.9. The second-order valence-corrected chi connectivity index (χ2v) is 7.62. The van der Waals surface area contributed by atoms with Gasteiger partial charge in [0, 0.05) is 12.1 Å². The Hall–Kier alpha value is -1.54. The van der Waals surface area contributed by atoms with Gasteiger partial charge in [0.05, 0.1) is 15.9 Å². The largest absolute Gasteiger partial charge is 0.270 e. The number of nitro benzene ring substituents is 1. The molecule has 0 N–H and O–H groups in total. The van der Waals surface area contributed by atoms with Crippen molar-refractivity contribution in [3.63, 3.8) is 0 Å².